The number of nitrogens with two attached hydrogens (primary N) is 1. The van der Waals surface area contributed by atoms with E-state index in [1.807, 2.05) is 0 Å². The van der Waals surface area contributed by atoms with Gasteiger partial charge in [-0.05, 0) is 38.0 Å². The fourth-order valence-electron chi connectivity index (χ4n) is 6.01. The first-order valence-electron chi connectivity index (χ1n) is 13.6. The number of morpholine rings is 1. The largest absolute Gasteiger partial charge is 0.489 e. The summed E-state index contributed by atoms with van der Waals surface area (Å²) in [4.78, 5) is 30.8. The molecule has 2 amide bonds. The molecule has 4 fully saturated rings. The average molecular weight is 599 g/mol. The van der Waals surface area contributed by atoms with Crippen LogP contribution in [0.3, 0.4) is 0 Å². The Hall–Kier alpha value is -3.36. The number of carbonyl (C=O) groups excluding carboxylic acids is 2. The second kappa shape index (κ2) is 11.4. The third-order valence-corrected chi connectivity index (χ3v) is 8.57. The molecule has 0 unspecified atom stereocenters. The van der Waals surface area contributed by atoms with Gasteiger partial charge in [-0.3, -0.25) is 19.5 Å². The van der Waals surface area contributed by atoms with Crippen molar-refractivity contribution in [1.82, 2.24) is 9.88 Å². The molecule has 4 aliphatic heterocycles. The lowest BCUT2D eigenvalue weighted by atomic mass is 9.77. The van der Waals surface area contributed by atoms with E-state index >= 15 is 4.39 Å². The molecule has 0 radical (unpaired) electrons. The maximum absolute atomic E-state index is 15.2. The highest BCUT2D eigenvalue weighted by molar-refractivity contribution is 5.97. The van der Waals surface area contributed by atoms with Crippen LogP contribution in [0.4, 0.5) is 27.6 Å². The van der Waals surface area contributed by atoms with E-state index in [1.54, 1.807) is 0 Å². The monoisotopic (exact) mass is 598 g/mol. The van der Waals surface area contributed by atoms with Crippen molar-refractivity contribution in [1.29, 1.82) is 0 Å². The van der Waals surface area contributed by atoms with Crippen LogP contribution in [0.2, 0.25) is 0 Å². The van der Waals surface area contributed by atoms with Crippen molar-refractivity contribution in [2.75, 3.05) is 31.6 Å². The molecule has 9 nitrogen and oxygen atoms in total. The molecule has 2 aromatic rings. The quantitative estimate of drug-likeness (QED) is 0.445. The number of rotatable bonds is 8. The highest BCUT2D eigenvalue weighted by Gasteiger charge is 2.66. The smallest absolute Gasteiger partial charge is 0.417 e. The van der Waals surface area contributed by atoms with E-state index in [0.29, 0.717) is 19.7 Å². The Balaban J connectivity index is 1.45. The van der Waals surface area contributed by atoms with E-state index in [2.05, 4.69) is 15.2 Å². The molecule has 4 saturated heterocycles. The van der Waals surface area contributed by atoms with E-state index in [9.17, 15) is 27.2 Å². The number of carbonyl (C=O) groups is 2. The van der Waals surface area contributed by atoms with Crippen LogP contribution in [0.15, 0.2) is 30.5 Å². The Labute approximate surface area is 238 Å². The predicted octanol–water partition coefficient (Wildman–Crippen LogP) is 3.78. The van der Waals surface area contributed by atoms with Gasteiger partial charge in [0.15, 0.2) is 17.2 Å². The second-order valence-electron chi connectivity index (χ2n) is 11.1. The number of piperidine rings is 1. The summed E-state index contributed by atoms with van der Waals surface area (Å²) in [7, 11) is 0. The first-order valence-corrected chi connectivity index (χ1v) is 13.6. The molecule has 0 spiro atoms. The van der Waals surface area contributed by atoms with E-state index in [4.69, 9.17) is 19.9 Å². The summed E-state index contributed by atoms with van der Waals surface area (Å²) < 4.78 is 89.5. The number of nitrogens with one attached hydrogen (secondary N) is 1. The van der Waals surface area contributed by atoms with Crippen LogP contribution in [0.5, 0.6) is 5.75 Å². The minimum atomic E-state index is -4.91. The summed E-state index contributed by atoms with van der Waals surface area (Å²) in [5.41, 5.74) is 2.13. The Morgan fingerprint density at radius 2 is 2.00 bits per heavy atom. The van der Waals surface area contributed by atoms with E-state index in [1.165, 1.54) is 19.2 Å². The topological polar surface area (TPSA) is 116 Å². The molecular formula is C28H31F5N4O5. The van der Waals surface area contributed by atoms with Gasteiger partial charge in [-0.2, -0.15) is 17.6 Å². The predicted molar refractivity (Wildman–Crippen MR) is 139 cm³/mol. The molecule has 5 heterocycles. The second-order valence-corrected chi connectivity index (χ2v) is 11.1. The first-order chi connectivity index (χ1) is 19.8. The molecule has 1 aromatic heterocycles. The number of amides is 2. The zero-order valence-electron chi connectivity index (χ0n) is 22.9. The molecule has 0 aliphatic carbocycles. The normalized spacial score (nSPS) is 29.5. The Morgan fingerprint density at radius 3 is 2.62 bits per heavy atom. The summed E-state index contributed by atoms with van der Waals surface area (Å²) in [6.45, 7) is 3.57. The van der Waals surface area contributed by atoms with Gasteiger partial charge in [0, 0.05) is 48.4 Å². The number of anilines is 1. The molecule has 6 atom stereocenters. The van der Waals surface area contributed by atoms with Crippen LogP contribution >= 0.6 is 0 Å². The number of hydrogen-bond donors (Lipinski definition) is 2. The summed E-state index contributed by atoms with van der Waals surface area (Å²) in [6, 6.07) is 4.54. The van der Waals surface area contributed by atoms with Crippen molar-refractivity contribution in [3.05, 3.63) is 53.4 Å². The summed E-state index contributed by atoms with van der Waals surface area (Å²) in [5, 5.41) is 2.43. The van der Waals surface area contributed by atoms with E-state index < -0.39 is 58.9 Å². The van der Waals surface area contributed by atoms with Crippen LogP contribution in [-0.4, -0.2) is 78.0 Å². The number of halogens is 5. The van der Waals surface area contributed by atoms with E-state index in [-0.39, 0.29) is 35.7 Å². The molecule has 0 saturated carbocycles. The number of hydrogen-bond acceptors (Lipinski definition) is 7. The lowest BCUT2D eigenvalue weighted by Crippen LogP contribution is -2.55. The molecule has 228 valence electrons. The molecule has 14 heteroatoms. The van der Waals surface area contributed by atoms with Gasteiger partial charge < -0.3 is 25.3 Å². The number of ether oxygens (including phenoxy) is 3. The van der Waals surface area contributed by atoms with Crippen LogP contribution < -0.4 is 15.8 Å². The molecule has 2 bridgehead atoms. The zero-order chi connectivity index (χ0) is 30.4. The maximum Gasteiger partial charge on any atom is 0.417 e. The van der Waals surface area contributed by atoms with Gasteiger partial charge in [0.05, 0.1) is 12.7 Å². The minimum absolute atomic E-state index is 0.0287. The van der Waals surface area contributed by atoms with Gasteiger partial charge in [-0.1, -0.05) is 13.0 Å². The molecule has 42 heavy (non-hydrogen) atoms. The summed E-state index contributed by atoms with van der Waals surface area (Å²) >= 11 is 0. The van der Waals surface area contributed by atoms with Crippen molar-refractivity contribution in [2.24, 2.45) is 11.7 Å². The molecule has 4 aliphatic rings. The van der Waals surface area contributed by atoms with Gasteiger partial charge in [-0.25, -0.2) is 4.39 Å². The molecular weight excluding hydrogens is 567 g/mol. The SMILES string of the molecule is C[C@H]1[C@@H](c2ccc(F)c(F)c2OCCN2C[C@H]3CC[C@@H]2CO3)[C@H](C(=O)Nc2ccnc(C(N)=O)c2)O[C@@]1(C)C(F)(F)F. The number of benzene rings is 1. The third-order valence-electron chi connectivity index (χ3n) is 8.57. The van der Waals surface area contributed by atoms with Crippen molar-refractivity contribution in [2.45, 2.75) is 62.6 Å². The zero-order valence-corrected chi connectivity index (χ0v) is 22.9. The fourth-order valence-corrected chi connectivity index (χ4v) is 6.01. The lowest BCUT2D eigenvalue weighted by Gasteiger charge is -2.45. The van der Waals surface area contributed by atoms with Gasteiger partial charge in [0.1, 0.15) is 18.4 Å². The van der Waals surface area contributed by atoms with Crippen LogP contribution in [0.25, 0.3) is 0 Å². The average Bonchev–Trinajstić information content (AvgIpc) is 3.23. The molecule has 6 rings (SSSR count). The van der Waals surface area contributed by atoms with Gasteiger partial charge in [0.2, 0.25) is 5.82 Å². The maximum atomic E-state index is 15.2. The minimum Gasteiger partial charge on any atom is -0.489 e. The van der Waals surface area contributed by atoms with Crippen molar-refractivity contribution >= 4 is 17.5 Å². The number of pyridine rings is 1. The van der Waals surface area contributed by atoms with Crippen molar-refractivity contribution < 1.29 is 45.8 Å². The summed E-state index contributed by atoms with van der Waals surface area (Å²) in [5.74, 6) is -7.88. The van der Waals surface area contributed by atoms with E-state index in [0.717, 1.165) is 38.0 Å². The first kappa shape index (κ1) is 30.1. The Morgan fingerprint density at radius 1 is 1.24 bits per heavy atom. The van der Waals surface area contributed by atoms with Gasteiger partial charge >= 0.3 is 6.18 Å². The van der Waals surface area contributed by atoms with Crippen LogP contribution in [0, 0.1) is 17.6 Å². The van der Waals surface area contributed by atoms with Crippen molar-refractivity contribution in [3.63, 3.8) is 0 Å². The Bertz CT molecular complexity index is 1350. The fraction of sp³-hybridized carbons (Fsp3) is 0.536. The summed E-state index contributed by atoms with van der Waals surface area (Å²) in [6.07, 6.45) is -3.55. The third kappa shape index (κ3) is 5.54. The van der Waals surface area contributed by atoms with Gasteiger partial charge in [-0.15, -0.1) is 0 Å². The Kier molecular flexibility index (Phi) is 8.16. The molecule has 3 N–H and O–H groups in total. The van der Waals surface area contributed by atoms with Gasteiger partial charge in [0.25, 0.3) is 11.8 Å². The van der Waals surface area contributed by atoms with Crippen molar-refractivity contribution in [3.8, 4) is 5.75 Å². The van der Waals surface area contributed by atoms with Crippen LogP contribution in [0.1, 0.15) is 48.7 Å². The lowest BCUT2D eigenvalue weighted by molar-refractivity contribution is -0.272. The number of primary amides is 1. The highest BCUT2D eigenvalue weighted by Crippen LogP contribution is 2.55. The number of nitrogens with zero attached hydrogens (tertiary/aromatic N) is 2. The number of alkyl halides is 3. The number of aromatic nitrogens is 1. The van der Waals surface area contributed by atoms with Crippen LogP contribution in [-0.2, 0) is 14.3 Å². The highest BCUT2D eigenvalue weighted by atomic mass is 19.4. The standard InChI is InChI=1S/C28H31F5N4O5/c1-14-21(18-5-6-19(29)22(30)23(18)40-10-9-37-12-17-4-3-16(37)13-41-17)24(42-27(14,2)28(31,32)33)26(39)36-15-7-8-35-20(11-15)25(34)38/h5-8,11,14,16-17,21,24H,3-4,9-10,12-13H2,1-2H3,(H2,34,38)(H,35,36,39)/t14-,16+,17+,21-,24+,27+/m0/s1. The molecule has 1 aromatic carbocycles. The number of fused-ring (bicyclic) bond motifs is 3.